The van der Waals surface area contributed by atoms with E-state index in [2.05, 4.69) is 4.98 Å². The van der Waals surface area contributed by atoms with Gasteiger partial charge in [-0.2, -0.15) is 0 Å². The molecule has 0 atom stereocenters. The van der Waals surface area contributed by atoms with Crippen LogP contribution in [0.4, 0.5) is 0 Å². The summed E-state index contributed by atoms with van der Waals surface area (Å²) in [4.78, 5) is 4.00. The van der Waals surface area contributed by atoms with Crippen LogP contribution in [0.2, 0.25) is 5.02 Å². The lowest BCUT2D eigenvalue weighted by molar-refractivity contribution is 0.571. The summed E-state index contributed by atoms with van der Waals surface area (Å²) in [6, 6.07) is 7.35. The minimum Gasteiger partial charge on any atom is -0.443 e. The van der Waals surface area contributed by atoms with Crippen LogP contribution in [-0.2, 0) is 5.88 Å². The highest BCUT2D eigenvalue weighted by molar-refractivity contribution is 6.30. The van der Waals surface area contributed by atoms with E-state index in [0.717, 1.165) is 11.3 Å². The van der Waals surface area contributed by atoms with Gasteiger partial charge in [0.05, 0.1) is 5.88 Å². The Morgan fingerprint density at radius 1 is 1.21 bits per heavy atom. The van der Waals surface area contributed by atoms with Crippen molar-refractivity contribution in [3.8, 4) is 11.3 Å². The zero-order valence-corrected chi connectivity index (χ0v) is 8.72. The molecule has 0 saturated heterocycles. The van der Waals surface area contributed by atoms with E-state index < -0.39 is 0 Å². The molecule has 1 aromatic carbocycles. The van der Waals surface area contributed by atoms with Crippen LogP contribution >= 0.6 is 23.2 Å². The van der Waals surface area contributed by atoms with Crippen LogP contribution in [0.3, 0.4) is 0 Å². The van der Waals surface area contributed by atoms with Crippen molar-refractivity contribution >= 4 is 23.2 Å². The van der Waals surface area contributed by atoms with Gasteiger partial charge < -0.3 is 4.42 Å². The molecule has 1 heterocycles. The summed E-state index contributed by atoms with van der Waals surface area (Å²) < 4.78 is 5.24. The molecule has 0 fully saturated rings. The molecule has 0 aliphatic rings. The summed E-state index contributed by atoms with van der Waals surface area (Å²) >= 11 is 11.5. The number of aromatic nitrogens is 1. The van der Waals surface area contributed by atoms with Crippen molar-refractivity contribution in [3.63, 3.8) is 0 Å². The zero-order chi connectivity index (χ0) is 9.97. The highest BCUT2D eigenvalue weighted by atomic mass is 35.5. The predicted octanol–water partition coefficient (Wildman–Crippen LogP) is 3.73. The molecule has 0 N–H and O–H groups in total. The first kappa shape index (κ1) is 9.56. The van der Waals surface area contributed by atoms with Gasteiger partial charge in [-0.25, -0.2) is 4.98 Å². The summed E-state index contributed by atoms with van der Waals surface area (Å²) in [5, 5.41) is 0.695. The quantitative estimate of drug-likeness (QED) is 0.732. The highest BCUT2D eigenvalue weighted by Gasteiger charge is 2.08. The first-order valence-corrected chi connectivity index (χ1v) is 4.97. The van der Waals surface area contributed by atoms with Gasteiger partial charge in [-0.1, -0.05) is 11.6 Å². The summed E-state index contributed by atoms with van der Waals surface area (Å²) in [5.74, 6) is 1.05. The third-order valence-electron chi connectivity index (χ3n) is 1.87. The van der Waals surface area contributed by atoms with Crippen LogP contribution in [0, 0.1) is 0 Å². The Morgan fingerprint density at radius 3 is 2.57 bits per heavy atom. The summed E-state index contributed by atoms with van der Waals surface area (Å²) in [6.07, 6.45) is 1.39. The summed E-state index contributed by atoms with van der Waals surface area (Å²) in [5.41, 5.74) is 1.68. The van der Waals surface area contributed by atoms with Gasteiger partial charge in [0.1, 0.15) is 5.69 Å². The van der Waals surface area contributed by atoms with Crippen molar-refractivity contribution in [2.75, 3.05) is 0 Å². The van der Waals surface area contributed by atoms with Crippen LogP contribution in [-0.4, -0.2) is 4.98 Å². The van der Waals surface area contributed by atoms with Crippen molar-refractivity contribution in [2.24, 2.45) is 0 Å². The van der Waals surface area contributed by atoms with Gasteiger partial charge in [-0.15, -0.1) is 11.6 Å². The molecule has 0 radical (unpaired) electrons. The average Bonchev–Trinajstić information content (AvgIpc) is 2.67. The van der Waals surface area contributed by atoms with Gasteiger partial charge in [-0.3, -0.25) is 0 Å². The molecular weight excluding hydrogens is 221 g/mol. The van der Waals surface area contributed by atoms with Gasteiger partial charge >= 0.3 is 0 Å². The number of halogens is 2. The summed E-state index contributed by atoms with van der Waals surface area (Å²) in [7, 11) is 0. The smallest absolute Gasteiger partial charge is 0.181 e. The molecule has 0 aliphatic heterocycles. The number of oxazole rings is 1. The molecule has 0 spiro atoms. The lowest BCUT2D eigenvalue weighted by atomic mass is 10.1. The Kier molecular flexibility index (Phi) is 2.75. The molecule has 4 heteroatoms. The normalized spacial score (nSPS) is 10.4. The van der Waals surface area contributed by atoms with Crippen LogP contribution in [0.15, 0.2) is 35.1 Å². The number of nitrogens with zero attached hydrogens (tertiary/aromatic N) is 1. The minimum absolute atomic E-state index is 0.342. The van der Waals surface area contributed by atoms with E-state index in [4.69, 9.17) is 27.6 Å². The molecule has 0 amide bonds. The highest BCUT2D eigenvalue weighted by Crippen LogP contribution is 2.25. The Labute approximate surface area is 91.5 Å². The number of hydrogen-bond donors (Lipinski definition) is 0. The van der Waals surface area contributed by atoms with Crippen molar-refractivity contribution in [3.05, 3.63) is 41.4 Å². The minimum atomic E-state index is 0.342. The Hall–Kier alpha value is -0.990. The third kappa shape index (κ3) is 1.76. The SMILES string of the molecule is ClCc1ncoc1-c1ccc(Cl)cc1. The van der Waals surface area contributed by atoms with Gasteiger partial charge in [0, 0.05) is 10.6 Å². The Balaban J connectivity index is 2.44. The number of rotatable bonds is 2. The van der Waals surface area contributed by atoms with Crippen LogP contribution in [0.25, 0.3) is 11.3 Å². The summed E-state index contributed by atoms with van der Waals surface area (Å²) in [6.45, 7) is 0. The second-order valence-corrected chi connectivity index (χ2v) is 3.47. The van der Waals surface area contributed by atoms with E-state index in [1.54, 1.807) is 12.1 Å². The standard InChI is InChI=1S/C10H7Cl2NO/c11-5-9-10(14-6-13-9)7-1-3-8(12)4-2-7/h1-4,6H,5H2. The van der Waals surface area contributed by atoms with E-state index in [9.17, 15) is 0 Å². The number of alkyl halides is 1. The van der Waals surface area contributed by atoms with Gasteiger partial charge in [-0.05, 0) is 24.3 Å². The molecule has 0 bridgehead atoms. The average molecular weight is 228 g/mol. The number of benzene rings is 1. The van der Waals surface area contributed by atoms with E-state index in [-0.39, 0.29) is 0 Å². The zero-order valence-electron chi connectivity index (χ0n) is 7.21. The monoisotopic (exact) mass is 227 g/mol. The third-order valence-corrected chi connectivity index (χ3v) is 2.38. The molecule has 0 aliphatic carbocycles. The maximum Gasteiger partial charge on any atom is 0.181 e. The molecule has 2 rings (SSSR count). The molecule has 2 nitrogen and oxygen atoms in total. The Morgan fingerprint density at radius 2 is 1.93 bits per heavy atom. The van der Waals surface area contributed by atoms with E-state index in [1.165, 1.54) is 6.39 Å². The fourth-order valence-corrected chi connectivity index (χ4v) is 1.52. The maximum absolute atomic E-state index is 5.77. The largest absolute Gasteiger partial charge is 0.443 e. The van der Waals surface area contributed by atoms with E-state index >= 15 is 0 Å². The van der Waals surface area contributed by atoms with Gasteiger partial charge in [0.2, 0.25) is 0 Å². The second kappa shape index (κ2) is 4.03. The molecule has 1 aromatic heterocycles. The fraction of sp³-hybridized carbons (Fsp3) is 0.100. The molecule has 0 unspecified atom stereocenters. The van der Waals surface area contributed by atoms with Crippen LogP contribution in [0.1, 0.15) is 5.69 Å². The predicted molar refractivity (Wildman–Crippen MR) is 56.5 cm³/mol. The van der Waals surface area contributed by atoms with E-state index in [1.807, 2.05) is 12.1 Å². The Bertz CT molecular complexity index is 422. The topological polar surface area (TPSA) is 26.0 Å². The van der Waals surface area contributed by atoms with Crippen LogP contribution in [0.5, 0.6) is 0 Å². The lowest BCUT2D eigenvalue weighted by Gasteiger charge is -1.98. The lowest BCUT2D eigenvalue weighted by Crippen LogP contribution is -1.82. The van der Waals surface area contributed by atoms with Crippen molar-refractivity contribution in [1.29, 1.82) is 0 Å². The van der Waals surface area contributed by atoms with Crippen molar-refractivity contribution < 1.29 is 4.42 Å². The molecule has 0 saturated carbocycles. The fourth-order valence-electron chi connectivity index (χ4n) is 1.20. The van der Waals surface area contributed by atoms with Gasteiger partial charge in [0.25, 0.3) is 0 Å². The van der Waals surface area contributed by atoms with E-state index in [0.29, 0.717) is 16.7 Å². The molecule has 72 valence electrons. The second-order valence-electron chi connectivity index (χ2n) is 2.77. The van der Waals surface area contributed by atoms with Crippen LogP contribution < -0.4 is 0 Å². The maximum atomic E-state index is 5.77. The first-order valence-electron chi connectivity index (χ1n) is 4.05. The molecular formula is C10H7Cl2NO. The van der Waals surface area contributed by atoms with Crippen molar-refractivity contribution in [1.82, 2.24) is 4.98 Å². The number of hydrogen-bond acceptors (Lipinski definition) is 2. The molecule has 14 heavy (non-hydrogen) atoms. The molecule has 2 aromatic rings. The first-order chi connectivity index (χ1) is 6.81. The van der Waals surface area contributed by atoms with Gasteiger partial charge in [0.15, 0.2) is 12.2 Å². The van der Waals surface area contributed by atoms with Crippen molar-refractivity contribution in [2.45, 2.75) is 5.88 Å².